The first-order chi connectivity index (χ1) is 8.88. The molecule has 0 saturated carbocycles. The molecule has 2 rings (SSSR count). The Balaban J connectivity index is 0.00000180. The first kappa shape index (κ1) is 15.5. The maximum absolute atomic E-state index is 5.22. The van der Waals surface area contributed by atoms with Crippen molar-refractivity contribution >= 4 is 29.9 Å². The van der Waals surface area contributed by atoms with Crippen LogP contribution in [0.4, 0.5) is 0 Å². The van der Waals surface area contributed by atoms with Crippen LogP contribution in [-0.4, -0.2) is 34.5 Å². The zero-order valence-corrected chi connectivity index (χ0v) is 12.9. The molecule has 0 saturated heterocycles. The molecule has 2 heterocycles. The minimum atomic E-state index is 0. The molecule has 0 amide bonds. The number of hydrogen-bond acceptors (Lipinski definition) is 4. The number of hydrogen-bond donors (Lipinski definition) is 2. The predicted octanol–water partition coefficient (Wildman–Crippen LogP) is 0.854. The Labute approximate surface area is 128 Å². The average molecular weight is 376 g/mol. The maximum Gasteiger partial charge on any atom is 0.191 e. The van der Waals surface area contributed by atoms with Gasteiger partial charge in [0.15, 0.2) is 5.96 Å². The van der Waals surface area contributed by atoms with E-state index in [9.17, 15) is 0 Å². The largest absolute Gasteiger partial charge is 0.467 e. The van der Waals surface area contributed by atoms with E-state index in [1.807, 2.05) is 18.3 Å². The first-order valence-corrected chi connectivity index (χ1v) is 5.69. The molecule has 0 unspecified atom stereocenters. The van der Waals surface area contributed by atoms with E-state index in [2.05, 4.69) is 25.9 Å². The van der Waals surface area contributed by atoms with E-state index in [0.29, 0.717) is 6.54 Å². The smallest absolute Gasteiger partial charge is 0.191 e. The summed E-state index contributed by atoms with van der Waals surface area (Å²) in [6, 6.07) is 3.77. The standard InChI is InChI=1S/C11H16N6O.HI/c1-12-11(14-9-10-3-2-8-18-10)13-4-6-17-7-5-15-16-17;/h2-3,5,7-8H,4,6,9H2,1H3,(H2,12,13,14);1H. The highest BCUT2D eigenvalue weighted by molar-refractivity contribution is 14.0. The van der Waals surface area contributed by atoms with Crippen molar-refractivity contribution in [3.8, 4) is 0 Å². The molecule has 0 aromatic carbocycles. The Morgan fingerprint density at radius 2 is 2.37 bits per heavy atom. The summed E-state index contributed by atoms with van der Waals surface area (Å²) < 4.78 is 6.98. The molecule has 0 bridgehead atoms. The van der Waals surface area contributed by atoms with Crippen molar-refractivity contribution in [2.24, 2.45) is 4.99 Å². The number of guanidine groups is 1. The van der Waals surface area contributed by atoms with Gasteiger partial charge in [0.1, 0.15) is 5.76 Å². The molecule has 0 atom stereocenters. The summed E-state index contributed by atoms with van der Waals surface area (Å²) in [5.74, 6) is 1.60. The fourth-order valence-electron chi connectivity index (χ4n) is 1.45. The number of nitrogens with one attached hydrogen (secondary N) is 2. The summed E-state index contributed by atoms with van der Waals surface area (Å²) in [6.07, 6.45) is 5.13. The molecule has 8 heteroatoms. The van der Waals surface area contributed by atoms with E-state index >= 15 is 0 Å². The van der Waals surface area contributed by atoms with Crippen LogP contribution in [0.15, 0.2) is 40.2 Å². The summed E-state index contributed by atoms with van der Waals surface area (Å²) in [5, 5.41) is 13.9. The molecule has 2 aromatic rings. The van der Waals surface area contributed by atoms with Crippen molar-refractivity contribution in [2.75, 3.05) is 13.6 Å². The van der Waals surface area contributed by atoms with Gasteiger partial charge in [-0.2, -0.15) is 0 Å². The third-order valence-corrected chi connectivity index (χ3v) is 2.34. The molecule has 2 N–H and O–H groups in total. The van der Waals surface area contributed by atoms with Gasteiger partial charge in [0.2, 0.25) is 0 Å². The van der Waals surface area contributed by atoms with Crippen LogP contribution >= 0.6 is 24.0 Å². The zero-order chi connectivity index (χ0) is 12.6. The van der Waals surface area contributed by atoms with Crippen LogP contribution in [0, 0.1) is 0 Å². The molecular weight excluding hydrogens is 359 g/mol. The summed E-state index contributed by atoms with van der Waals surface area (Å²) in [7, 11) is 1.73. The minimum absolute atomic E-state index is 0. The lowest BCUT2D eigenvalue weighted by Crippen LogP contribution is -2.38. The SMILES string of the molecule is CN=C(NCCn1ccnn1)NCc1ccco1.I. The van der Waals surface area contributed by atoms with Crippen LogP contribution < -0.4 is 10.6 Å². The van der Waals surface area contributed by atoms with Gasteiger partial charge in [0.05, 0.1) is 25.5 Å². The Bertz CT molecular complexity index is 467. The highest BCUT2D eigenvalue weighted by atomic mass is 127. The third kappa shape index (κ3) is 5.28. The van der Waals surface area contributed by atoms with E-state index in [0.717, 1.165) is 24.8 Å². The summed E-state index contributed by atoms with van der Waals surface area (Å²) >= 11 is 0. The van der Waals surface area contributed by atoms with Crippen LogP contribution in [0.5, 0.6) is 0 Å². The Kier molecular flexibility index (Phi) is 6.93. The lowest BCUT2D eigenvalue weighted by Gasteiger charge is -2.10. The van der Waals surface area contributed by atoms with Gasteiger partial charge in [-0.1, -0.05) is 5.21 Å². The molecule has 0 aliphatic rings. The van der Waals surface area contributed by atoms with E-state index in [-0.39, 0.29) is 24.0 Å². The van der Waals surface area contributed by atoms with Gasteiger partial charge in [-0.05, 0) is 12.1 Å². The van der Waals surface area contributed by atoms with Gasteiger partial charge in [-0.25, -0.2) is 0 Å². The number of halogens is 1. The van der Waals surface area contributed by atoms with Crippen molar-refractivity contribution in [3.05, 3.63) is 36.5 Å². The van der Waals surface area contributed by atoms with Crippen LogP contribution in [0.3, 0.4) is 0 Å². The second kappa shape index (κ2) is 8.51. The highest BCUT2D eigenvalue weighted by Gasteiger charge is 1.99. The Morgan fingerprint density at radius 1 is 1.47 bits per heavy atom. The van der Waals surface area contributed by atoms with Gasteiger partial charge >= 0.3 is 0 Å². The van der Waals surface area contributed by atoms with Crippen LogP contribution in [0.25, 0.3) is 0 Å². The molecule has 19 heavy (non-hydrogen) atoms. The Morgan fingerprint density at radius 3 is 3.00 bits per heavy atom. The molecular formula is C11H17IN6O. The average Bonchev–Trinajstić information content (AvgIpc) is 3.06. The highest BCUT2D eigenvalue weighted by Crippen LogP contribution is 1.97. The summed E-state index contributed by atoms with van der Waals surface area (Å²) in [4.78, 5) is 4.11. The molecule has 0 aliphatic carbocycles. The van der Waals surface area contributed by atoms with Gasteiger partial charge in [-0.15, -0.1) is 29.1 Å². The lowest BCUT2D eigenvalue weighted by molar-refractivity contribution is 0.500. The minimum Gasteiger partial charge on any atom is -0.467 e. The zero-order valence-electron chi connectivity index (χ0n) is 10.6. The van der Waals surface area contributed by atoms with E-state index in [1.165, 1.54) is 0 Å². The molecule has 0 aliphatic heterocycles. The van der Waals surface area contributed by atoms with Crippen molar-refractivity contribution in [2.45, 2.75) is 13.1 Å². The van der Waals surface area contributed by atoms with E-state index < -0.39 is 0 Å². The van der Waals surface area contributed by atoms with Gasteiger partial charge in [0, 0.05) is 19.8 Å². The molecule has 0 radical (unpaired) electrons. The number of aliphatic imine (C=N–C) groups is 1. The molecule has 7 nitrogen and oxygen atoms in total. The molecule has 2 aromatic heterocycles. The van der Waals surface area contributed by atoms with Crippen molar-refractivity contribution in [1.29, 1.82) is 0 Å². The number of aromatic nitrogens is 3. The second-order valence-corrected chi connectivity index (χ2v) is 3.60. The third-order valence-electron chi connectivity index (χ3n) is 2.34. The van der Waals surface area contributed by atoms with E-state index in [1.54, 1.807) is 24.2 Å². The normalized spacial score (nSPS) is 10.9. The molecule has 0 spiro atoms. The van der Waals surface area contributed by atoms with Crippen molar-refractivity contribution < 1.29 is 4.42 Å². The summed E-state index contributed by atoms with van der Waals surface area (Å²) in [5.41, 5.74) is 0. The van der Waals surface area contributed by atoms with Gasteiger partial charge in [-0.3, -0.25) is 9.67 Å². The topological polar surface area (TPSA) is 80.3 Å². The maximum atomic E-state index is 5.22. The fourth-order valence-corrected chi connectivity index (χ4v) is 1.45. The number of nitrogens with zero attached hydrogens (tertiary/aromatic N) is 4. The Hall–Kier alpha value is -1.58. The second-order valence-electron chi connectivity index (χ2n) is 3.60. The van der Waals surface area contributed by atoms with Crippen molar-refractivity contribution in [1.82, 2.24) is 25.6 Å². The quantitative estimate of drug-likeness (QED) is 0.460. The first-order valence-electron chi connectivity index (χ1n) is 5.69. The van der Waals surface area contributed by atoms with Gasteiger partial charge in [0.25, 0.3) is 0 Å². The lowest BCUT2D eigenvalue weighted by atomic mass is 10.4. The fraction of sp³-hybridized carbons (Fsp3) is 0.364. The summed E-state index contributed by atoms with van der Waals surface area (Å²) in [6.45, 7) is 2.07. The molecule has 0 fully saturated rings. The predicted molar refractivity (Wildman–Crippen MR) is 82.3 cm³/mol. The monoisotopic (exact) mass is 376 g/mol. The van der Waals surface area contributed by atoms with Gasteiger partial charge < -0.3 is 15.1 Å². The van der Waals surface area contributed by atoms with Crippen LogP contribution in [0.2, 0.25) is 0 Å². The number of rotatable bonds is 5. The van der Waals surface area contributed by atoms with Crippen LogP contribution in [0.1, 0.15) is 5.76 Å². The van der Waals surface area contributed by atoms with Crippen LogP contribution in [-0.2, 0) is 13.1 Å². The number of furan rings is 1. The van der Waals surface area contributed by atoms with Crippen molar-refractivity contribution in [3.63, 3.8) is 0 Å². The van der Waals surface area contributed by atoms with E-state index in [4.69, 9.17) is 4.42 Å². The molecule has 104 valence electrons.